The molecule has 0 aliphatic carbocycles. The van der Waals surface area contributed by atoms with Crippen molar-refractivity contribution in [3.63, 3.8) is 0 Å². The van der Waals surface area contributed by atoms with Crippen LogP contribution in [0.15, 0.2) is 48.9 Å². The van der Waals surface area contributed by atoms with Crippen LogP contribution in [-0.2, 0) is 11.3 Å². The fourth-order valence-electron chi connectivity index (χ4n) is 3.94. The molecule has 0 radical (unpaired) electrons. The van der Waals surface area contributed by atoms with Gasteiger partial charge in [0.2, 0.25) is 5.91 Å². The summed E-state index contributed by atoms with van der Waals surface area (Å²) in [5.74, 6) is 2.18. The van der Waals surface area contributed by atoms with E-state index in [-0.39, 0.29) is 11.9 Å². The van der Waals surface area contributed by atoms with E-state index >= 15 is 0 Å². The maximum Gasteiger partial charge on any atom is 0.244 e. The number of imidazole rings is 1. The number of ether oxygens (including phenoxy) is 3. The third-order valence-electron chi connectivity index (χ3n) is 5.63. The molecule has 1 saturated heterocycles. The third-order valence-corrected chi connectivity index (χ3v) is 5.63. The van der Waals surface area contributed by atoms with E-state index in [9.17, 15) is 4.79 Å². The first-order chi connectivity index (χ1) is 15.5. The van der Waals surface area contributed by atoms with Crippen molar-refractivity contribution in [1.82, 2.24) is 14.9 Å². The second kappa shape index (κ2) is 9.32. The highest BCUT2D eigenvalue weighted by molar-refractivity contribution is 5.99. The highest BCUT2D eigenvalue weighted by Crippen LogP contribution is 2.31. The maximum atomic E-state index is 13.1. The Morgan fingerprint density at radius 2 is 1.81 bits per heavy atom. The number of nitrogens with zero attached hydrogens (tertiary/aromatic N) is 3. The maximum absolute atomic E-state index is 13.1. The summed E-state index contributed by atoms with van der Waals surface area (Å²) in [7, 11) is 4.88. The zero-order valence-electron chi connectivity index (χ0n) is 18.8. The molecule has 1 unspecified atom stereocenters. The van der Waals surface area contributed by atoms with Crippen LogP contribution < -0.4 is 24.4 Å². The number of hydrogen-bond acceptors (Lipinski definition) is 6. The number of carbonyl (C=O) groups is 1. The van der Waals surface area contributed by atoms with Gasteiger partial charge in [0.05, 0.1) is 45.1 Å². The minimum absolute atomic E-state index is 0.0492. The van der Waals surface area contributed by atoms with Gasteiger partial charge in [-0.1, -0.05) is 0 Å². The van der Waals surface area contributed by atoms with E-state index in [1.807, 2.05) is 54.1 Å². The number of hydrogen-bond donors (Lipinski definition) is 1. The van der Waals surface area contributed by atoms with E-state index in [1.54, 1.807) is 32.6 Å². The number of nitrogens with one attached hydrogen (secondary N) is 1. The van der Waals surface area contributed by atoms with Gasteiger partial charge in [-0.2, -0.15) is 0 Å². The fraction of sp³-hybridized carbons (Fsp3) is 0.333. The number of benzene rings is 2. The van der Waals surface area contributed by atoms with Crippen LogP contribution in [0.1, 0.15) is 17.7 Å². The van der Waals surface area contributed by atoms with Crippen molar-refractivity contribution in [2.75, 3.05) is 32.8 Å². The van der Waals surface area contributed by atoms with Crippen LogP contribution in [0.4, 0.5) is 5.69 Å². The van der Waals surface area contributed by atoms with Gasteiger partial charge < -0.3 is 29.0 Å². The molecule has 1 fully saturated rings. The largest absolute Gasteiger partial charge is 0.497 e. The second-order valence-electron chi connectivity index (χ2n) is 7.71. The van der Waals surface area contributed by atoms with E-state index in [0.717, 1.165) is 40.6 Å². The molecule has 1 aromatic heterocycles. The lowest BCUT2D eigenvalue weighted by molar-refractivity contribution is -0.118. The Bertz CT molecular complexity index is 1090. The van der Waals surface area contributed by atoms with E-state index < -0.39 is 0 Å². The molecule has 32 heavy (non-hydrogen) atoms. The molecule has 0 spiro atoms. The minimum atomic E-state index is -0.255. The summed E-state index contributed by atoms with van der Waals surface area (Å²) in [5, 5.41) is 3.37. The number of aryl methyl sites for hydroxylation is 1. The van der Waals surface area contributed by atoms with Gasteiger partial charge >= 0.3 is 0 Å². The molecular weight excluding hydrogens is 408 g/mol. The Morgan fingerprint density at radius 1 is 1.06 bits per heavy atom. The first-order valence-corrected chi connectivity index (χ1v) is 10.5. The standard InChI is InChI=1S/C24H28N4O4/c1-16-14-27(15-26-16)22-6-5-18(11-23(22)32-4)28-8-7-21(24(28)29)25-13-17-9-19(30-2)12-20(10-17)31-3/h5-6,9-12,14-15,21,25H,7-8,13H2,1-4H3. The molecule has 2 heterocycles. The summed E-state index contributed by atoms with van der Waals surface area (Å²) in [6.45, 7) is 3.12. The van der Waals surface area contributed by atoms with Crippen LogP contribution in [0.5, 0.6) is 17.2 Å². The van der Waals surface area contributed by atoms with Gasteiger partial charge in [-0.25, -0.2) is 4.98 Å². The molecular formula is C24H28N4O4. The summed E-state index contributed by atoms with van der Waals surface area (Å²) in [6, 6.07) is 11.2. The van der Waals surface area contributed by atoms with Crippen molar-refractivity contribution in [2.24, 2.45) is 0 Å². The third kappa shape index (κ3) is 4.40. The Kier molecular flexibility index (Phi) is 6.32. The molecule has 8 nitrogen and oxygen atoms in total. The lowest BCUT2D eigenvalue weighted by Gasteiger charge is -2.19. The lowest BCUT2D eigenvalue weighted by atomic mass is 10.1. The van der Waals surface area contributed by atoms with Crippen molar-refractivity contribution in [3.8, 4) is 22.9 Å². The molecule has 4 rings (SSSR count). The molecule has 8 heteroatoms. The molecule has 1 atom stereocenters. The van der Waals surface area contributed by atoms with E-state index in [0.29, 0.717) is 18.8 Å². The van der Waals surface area contributed by atoms with Crippen LogP contribution >= 0.6 is 0 Å². The Balaban J connectivity index is 1.46. The van der Waals surface area contributed by atoms with E-state index in [2.05, 4.69) is 10.3 Å². The molecule has 1 aliphatic rings. The molecule has 1 N–H and O–H groups in total. The Labute approximate surface area is 187 Å². The zero-order valence-corrected chi connectivity index (χ0v) is 18.8. The van der Waals surface area contributed by atoms with E-state index in [4.69, 9.17) is 14.2 Å². The van der Waals surface area contributed by atoms with Crippen LogP contribution in [0.2, 0.25) is 0 Å². The summed E-state index contributed by atoms with van der Waals surface area (Å²) in [5.41, 5.74) is 3.62. The number of rotatable bonds is 8. The van der Waals surface area contributed by atoms with Crippen LogP contribution in [0.3, 0.4) is 0 Å². The van der Waals surface area contributed by atoms with Crippen molar-refractivity contribution >= 4 is 11.6 Å². The molecule has 1 amide bonds. The van der Waals surface area contributed by atoms with Gasteiger partial charge in [-0.15, -0.1) is 0 Å². The summed E-state index contributed by atoms with van der Waals surface area (Å²) < 4.78 is 18.2. The highest BCUT2D eigenvalue weighted by Gasteiger charge is 2.32. The fourth-order valence-corrected chi connectivity index (χ4v) is 3.94. The van der Waals surface area contributed by atoms with Crippen molar-refractivity contribution in [2.45, 2.75) is 25.9 Å². The number of carbonyl (C=O) groups excluding carboxylic acids is 1. The van der Waals surface area contributed by atoms with Gasteiger partial charge in [0.25, 0.3) is 0 Å². The number of amides is 1. The normalized spacial score (nSPS) is 15.8. The quantitative estimate of drug-likeness (QED) is 0.585. The Hall–Kier alpha value is -3.52. The summed E-state index contributed by atoms with van der Waals surface area (Å²) in [6.07, 6.45) is 4.41. The molecule has 0 bridgehead atoms. The zero-order chi connectivity index (χ0) is 22.7. The van der Waals surface area contributed by atoms with Crippen molar-refractivity contribution in [3.05, 3.63) is 60.2 Å². The van der Waals surface area contributed by atoms with Crippen LogP contribution in [0.25, 0.3) is 5.69 Å². The minimum Gasteiger partial charge on any atom is -0.497 e. The van der Waals surface area contributed by atoms with Crippen LogP contribution in [-0.4, -0.2) is 49.4 Å². The van der Waals surface area contributed by atoms with Gasteiger partial charge in [0.15, 0.2) is 0 Å². The van der Waals surface area contributed by atoms with Crippen molar-refractivity contribution < 1.29 is 19.0 Å². The average Bonchev–Trinajstić information content (AvgIpc) is 3.42. The molecule has 3 aromatic rings. The summed E-state index contributed by atoms with van der Waals surface area (Å²) >= 11 is 0. The number of anilines is 1. The predicted octanol–water partition coefficient (Wildman–Crippen LogP) is 3.10. The SMILES string of the molecule is COc1cc(CNC2CCN(c3ccc(-n4cnc(C)c4)c(OC)c3)C2=O)cc(OC)c1. The predicted molar refractivity (Wildman–Crippen MR) is 122 cm³/mol. The average molecular weight is 437 g/mol. The lowest BCUT2D eigenvalue weighted by Crippen LogP contribution is -2.38. The smallest absolute Gasteiger partial charge is 0.244 e. The highest BCUT2D eigenvalue weighted by atomic mass is 16.5. The first kappa shape index (κ1) is 21.7. The molecule has 2 aromatic carbocycles. The Morgan fingerprint density at radius 3 is 2.44 bits per heavy atom. The van der Waals surface area contributed by atoms with Crippen molar-refractivity contribution in [1.29, 1.82) is 0 Å². The molecule has 1 aliphatic heterocycles. The van der Waals surface area contributed by atoms with Gasteiger partial charge in [-0.05, 0) is 43.2 Å². The topological polar surface area (TPSA) is 77.9 Å². The van der Waals surface area contributed by atoms with E-state index in [1.165, 1.54) is 0 Å². The summed E-state index contributed by atoms with van der Waals surface area (Å²) in [4.78, 5) is 19.2. The molecule has 168 valence electrons. The van der Waals surface area contributed by atoms with Gasteiger partial charge in [0.1, 0.15) is 17.2 Å². The van der Waals surface area contributed by atoms with Crippen LogP contribution in [0, 0.1) is 6.92 Å². The molecule has 0 saturated carbocycles. The monoisotopic (exact) mass is 436 g/mol. The number of methoxy groups -OCH3 is 3. The number of aromatic nitrogens is 2. The first-order valence-electron chi connectivity index (χ1n) is 10.5. The van der Waals surface area contributed by atoms with Gasteiger partial charge in [-0.3, -0.25) is 4.79 Å². The van der Waals surface area contributed by atoms with Gasteiger partial charge in [0, 0.05) is 37.1 Å². The second-order valence-corrected chi connectivity index (χ2v) is 7.71.